The number of anilines is 1. The topological polar surface area (TPSA) is 41.6 Å². The van der Waals surface area contributed by atoms with Gasteiger partial charge in [-0.1, -0.05) is 25.1 Å². The molecule has 2 aromatic rings. The first kappa shape index (κ1) is 21.7. The van der Waals surface area contributed by atoms with E-state index < -0.39 is 6.10 Å². The number of carbonyl (C=O) groups excluding carboxylic acids is 1. The molecule has 1 heterocycles. The maximum Gasteiger partial charge on any atom is 0.261 e. The number of hydrogen-bond donors (Lipinski definition) is 1. The van der Waals surface area contributed by atoms with E-state index >= 15 is 0 Å². The van der Waals surface area contributed by atoms with Crippen LogP contribution in [0.25, 0.3) is 0 Å². The van der Waals surface area contributed by atoms with Crippen LogP contribution in [0, 0.1) is 5.92 Å². The lowest BCUT2D eigenvalue weighted by atomic mass is 9.92. The Morgan fingerprint density at radius 1 is 1.00 bits per heavy atom. The lowest BCUT2D eigenvalue weighted by Crippen LogP contribution is -2.37. The van der Waals surface area contributed by atoms with E-state index in [4.69, 9.17) is 4.74 Å². The molecular weight excluding hydrogens is 384 g/mol. The molecule has 0 bridgehead atoms. The average Bonchev–Trinajstić information content (AvgIpc) is 2.79. The number of nitrogens with zero attached hydrogens (tertiary/aromatic N) is 1. The molecular formula is C27H36N2O2. The van der Waals surface area contributed by atoms with Crippen molar-refractivity contribution in [1.82, 2.24) is 5.32 Å². The molecule has 0 aromatic heterocycles. The number of amides is 1. The summed E-state index contributed by atoms with van der Waals surface area (Å²) in [7, 11) is 0. The van der Waals surface area contributed by atoms with Crippen LogP contribution in [0.3, 0.4) is 0 Å². The Bertz CT molecular complexity index is 885. The molecule has 1 saturated heterocycles. The first-order chi connectivity index (χ1) is 15.0. The molecule has 166 valence electrons. The Morgan fingerprint density at radius 3 is 2.39 bits per heavy atom. The lowest BCUT2D eigenvalue weighted by Gasteiger charge is -2.32. The maximum absolute atomic E-state index is 12.7. The summed E-state index contributed by atoms with van der Waals surface area (Å²) in [6.45, 7) is 8.44. The Kier molecular flexibility index (Phi) is 6.84. The molecule has 0 radical (unpaired) electrons. The highest BCUT2D eigenvalue weighted by Gasteiger charge is 2.20. The molecule has 4 heteroatoms. The van der Waals surface area contributed by atoms with Crippen LogP contribution < -0.4 is 15.0 Å². The van der Waals surface area contributed by atoms with Crippen molar-refractivity contribution in [3.63, 3.8) is 0 Å². The van der Waals surface area contributed by atoms with Gasteiger partial charge in [0.2, 0.25) is 0 Å². The van der Waals surface area contributed by atoms with Crippen molar-refractivity contribution in [3.8, 4) is 5.75 Å². The van der Waals surface area contributed by atoms with E-state index in [0.717, 1.165) is 43.2 Å². The number of carbonyl (C=O) groups is 1. The second-order valence-corrected chi connectivity index (χ2v) is 9.39. The zero-order valence-corrected chi connectivity index (χ0v) is 19.2. The number of piperidine rings is 1. The molecule has 2 aromatic carbocycles. The normalized spacial score (nSPS) is 18.7. The number of rotatable bonds is 6. The van der Waals surface area contributed by atoms with Crippen LogP contribution in [0.2, 0.25) is 0 Å². The molecule has 2 atom stereocenters. The molecule has 0 unspecified atom stereocenters. The molecule has 4 nitrogen and oxygen atoms in total. The third-order valence-corrected chi connectivity index (χ3v) is 6.90. The fraction of sp³-hybridized carbons (Fsp3) is 0.519. The van der Waals surface area contributed by atoms with Gasteiger partial charge in [-0.05, 0) is 99.2 Å². The van der Waals surface area contributed by atoms with Crippen molar-refractivity contribution < 1.29 is 9.53 Å². The maximum atomic E-state index is 12.7. The van der Waals surface area contributed by atoms with Crippen molar-refractivity contribution >= 4 is 11.6 Å². The Labute approximate surface area is 187 Å². The quantitative estimate of drug-likeness (QED) is 0.676. The van der Waals surface area contributed by atoms with Crippen molar-refractivity contribution in [1.29, 1.82) is 0 Å². The van der Waals surface area contributed by atoms with Crippen LogP contribution in [-0.4, -0.2) is 25.1 Å². The van der Waals surface area contributed by atoms with Gasteiger partial charge < -0.3 is 15.0 Å². The number of aryl methyl sites for hydroxylation is 2. The van der Waals surface area contributed by atoms with Crippen LogP contribution in [0.1, 0.15) is 69.2 Å². The summed E-state index contributed by atoms with van der Waals surface area (Å²) in [5.74, 6) is 1.53. The van der Waals surface area contributed by atoms with E-state index in [0.29, 0.717) is 0 Å². The van der Waals surface area contributed by atoms with Crippen LogP contribution in [-0.2, 0) is 17.6 Å². The van der Waals surface area contributed by atoms with Gasteiger partial charge in [-0.3, -0.25) is 4.79 Å². The second kappa shape index (κ2) is 9.76. The van der Waals surface area contributed by atoms with E-state index in [1.807, 2.05) is 19.9 Å². The molecule has 31 heavy (non-hydrogen) atoms. The Hall–Kier alpha value is -2.49. The van der Waals surface area contributed by atoms with Crippen molar-refractivity contribution in [2.45, 2.75) is 71.4 Å². The van der Waals surface area contributed by atoms with Gasteiger partial charge in [0.15, 0.2) is 6.10 Å². The van der Waals surface area contributed by atoms with Crippen LogP contribution in [0.15, 0.2) is 42.5 Å². The van der Waals surface area contributed by atoms with E-state index in [1.54, 1.807) is 0 Å². The largest absolute Gasteiger partial charge is 0.481 e. The first-order valence-electron chi connectivity index (χ1n) is 11.9. The summed E-state index contributed by atoms with van der Waals surface area (Å²) < 4.78 is 5.97. The number of ether oxygens (including phenoxy) is 1. The zero-order chi connectivity index (χ0) is 21.8. The molecule has 0 saturated carbocycles. The molecule has 1 aliphatic carbocycles. The van der Waals surface area contributed by atoms with Crippen molar-refractivity contribution in [3.05, 3.63) is 59.2 Å². The Balaban J connectivity index is 1.31. The number of nitrogens with one attached hydrogen (secondary N) is 1. The van der Waals surface area contributed by atoms with Crippen LogP contribution in [0.5, 0.6) is 5.75 Å². The predicted octanol–water partition coefficient (Wildman–Crippen LogP) is 5.45. The highest BCUT2D eigenvalue weighted by molar-refractivity contribution is 5.81. The third kappa shape index (κ3) is 5.41. The summed E-state index contributed by atoms with van der Waals surface area (Å²) in [6.07, 6.45) is 6.75. The average molecular weight is 421 g/mol. The third-order valence-electron chi connectivity index (χ3n) is 6.90. The summed E-state index contributed by atoms with van der Waals surface area (Å²) >= 11 is 0. The van der Waals surface area contributed by atoms with Gasteiger partial charge in [-0.25, -0.2) is 0 Å². The SMILES string of the molecule is CC1CCN(c2ccc([C@H](C)NC(=O)[C@H](C)Oc3ccc4c(c3)CCCC4)cc2)CC1. The predicted molar refractivity (Wildman–Crippen MR) is 127 cm³/mol. The van der Waals surface area contributed by atoms with Gasteiger partial charge in [0.1, 0.15) is 5.75 Å². The molecule has 4 rings (SSSR count). The Morgan fingerprint density at radius 2 is 1.68 bits per heavy atom. The number of hydrogen-bond acceptors (Lipinski definition) is 3. The molecule has 2 aliphatic rings. The fourth-order valence-corrected chi connectivity index (χ4v) is 4.70. The van der Waals surface area contributed by atoms with Gasteiger partial charge in [-0.2, -0.15) is 0 Å². The first-order valence-corrected chi connectivity index (χ1v) is 11.9. The minimum atomic E-state index is -0.529. The fourth-order valence-electron chi connectivity index (χ4n) is 4.70. The molecule has 1 aliphatic heterocycles. The molecule has 1 amide bonds. The molecule has 1 fully saturated rings. The smallest absolute Gasteiger partial charge is 0.261 e. The standard InChI is InChI=1S/C27H36N2O2/c1-19-14-16-29(17-15-19)25-11-8-22(9-12-25)20(2)28-27(30)21(3)31-26-13-10-23-6-4-5-7-24(23)18-26/h8-13,18-21H,4-7,14-17H2,1-3H3,(H,28,30)/t20-,21-/m0/s1. The van der Waals surface area contributed by atoms with E-state index in [9.17, 15) is 4.79 Å². The summed E-state index contributed by atoms with van der Waals surface area (Å²) in [5.41, 5.74) is 5.18. The minimum absolute atomic E-state index is 0.0579. The minimum Gasteiger partial charge on any atom is -0.481 e. The van der Waals surface area contributed by atoms with Crippen LogP contribution in [0.4, 0.5) is 5.69 Å². The monoisotopic (exact) mass is 420 g/mol. The summed E-state index contributed by atoms with van der Waals surface area (Å²) in [5, 5.41) is 3.11. The highest BCUT2D eigenvalue weighted by Crippen LogP contribution is 2.27. The summed E-state index contributed by atoms with van der Waals surface area (Å²) in [6, 6.07) is 14.8. The zero-order valence-electron chi connectivity index (χ0n) is 19.2. The summed E-state index contributed by atoms with van der Waals surface area (Å²) in [4.78, 5) is 15.2. The lowest BCUT2D eigenvalue weighted by molar-refractivity contribution is -0.127. The number of benzene rings is 2. The number of fused-ring (bicyclic) bond motifs is 1. The van der Waals surface area contributed by atoms with Gasteiger partial charge in [0.25, 0.3) is 5.91 Å². The van der Waals surface area contributed by atoms with Gasteiger partial charge in [-0.15, -0.1) is 0 Å². The molecule has 1 N–H and O–H groups in total. The van der Waals surface area contributed by atoms with Gasteiger partial charge >= 0.3 is 0 Å². The van der Waals surface area contributed by atoms with Crippen molar-refractivity contribution in [2.75, 3.05) is 18.0 Å². The van der Waals surface area contributed by atoms with Crippen molar-refractivity contribution in [2.24, 2.45) is 5.92 Å². The molecule has 0 spiro atoms. The van der Waals surface area contributed by atoms with Gasteiger partial charge in [0, 0.05) is 18.8 Å². The van der Waals surface area contributed by atoms with Gasteiger partial charge in [0.05, 0.1) is 6.04 Å². The van der Waals surface area contributed by atoms with E-state index in [-0.39, 0.29) is 11.9 Å². The van der Waals surface area contributed by atoms with Crippen LogP contribution >= 0.6 is 0 Å². The van der Waals surface area contributed by atoms with E-state index in [1.165, 1.54) is 42.5 Å². The van der Waals surface area contributed by atoms with E-state index in [2.05, 4.69) is 53.5 Å². The highest BCUT2D eigenvalue weighted by atomic mass is 16.5. The second-order valence-electron chi connectivity index (χ2n) is 9.39.